The molecule has 0 saturated heterocycles. The van der Waals surface area contributed by atoms with E-state index in [-0.39, 0.29) is 17.2 Å². The number of aromatic nitrogens is 2. The van der Waals surface area contributed by atoms with E-state index in [0.717, 1.165) is 11.8 Å². The highest BCUT2D eigenvalue weighted by Crippen LogP contribution is 2.17. The summed E-state index contributed by atoms with van der Waals surface area (Å²) in [5.41, 5.74) is 4.86. The fraction of sp³-hybridized carbons (Fsp3) is 0.200. The lowest BCUT2D eigenvalue weighted by atomic mass is 10.2. The van der Waals surface area contributed by atoms with Gasteiger partial charge in [0, 0.05) is 13.5 Å². The first-order chi connectivity index (χ1) is 11.0. The van der Waals surface area contributed by atoms with Crippen LogP contribution in [0.25, 0.3) is 10.9 Å². The number of para-hydroxylation sites is 1. The SMILES string of the molecule is C=CCn1c(SCC(=O)NNC(C)=O)nc2ccccc2c1=O. The van der Waals surface area contributed by atoms with Crippen molar-refractivity contribution in [1.82, 2.24) is 20.4 Å². The van der Waals surface area contributed by atoms with Crippen molar-refractivity contribution in [3.8, 4) is 0 Å². The number of nitrogens with one attached hydrogen (secondary N) is 2. The summed E-state index contributed by atoms with van der Waals surface area (Å²) in [7, 11) is 0. The lowest BCUT2D eigenvalue weighted by Gasteiger charge is -2.11. The van der Waals surface area contributed by atoms with Gasteiger partial charge in [-0.1, -0.05) is 30.0 Å². The van der Waals surface area contributed by atoms with Crippen molar-refractivity contribution >= 4 is 34.5 Å². The molecule has 0 radical (unpaired) electrons. The molecule has 1 aromatic heterocycles. The van der Waals surface area contributed by atoms with Crippen molar-refractivity contribution in [2.45, 2.75) is 18.6 Å². The molecule has 1 heterocycles. The Morgan fingerprint density at radius 1 is 1.35 bits per heavy atom. The van der Waals surface area contributed by atoms with E-state index in [1.54, 1.807) is 30.3 Å². The smallest absolute Gasteiger partial charge is 0.262 e. The number of allylic oxidation sites excluding steroid dienone is 1. The molecule has 23 heavy (non-hydrogen) atoms. The van der Waals surface area contributed by atoms with E-state index < -0.39 is 5.91 Å². The van der Waals surface area contributed by atoms with Gasteiger partial charge in [0.25, 0.3) is 5.56 Å². The summed E-state index contributed by atoms with van der Waals surface area (Å²) in [4.78, 5) is 39.3. The van der Waals surface area contributed by atoms with Gasteiger partial charge in [0.2, 0.25) is 11.8 Å². The Kier molecular flexibility index (Phi) is 5.53. The largest absolute Gasteiger partial charge is 0.283 e. The fourth-order valence-corrected chi connectivity index (χ4v) is 2.68. The van der Waals surface area contributed by atoms with Crippen LogP contribution in [-0.2, 0) is 16.1 Å². The number of hydrogen-bond donors (Lipinski definition) is 2. The minimum atomic E-state index is -0.391. The molecule has 0 aliphatic carbocycles. The summed E-state index contributed by atoms with van der Waals surface area (Å²) >= 11 is 1.12. The van der Waals surface area contributed by atoms with Crippen LogP contribution >= 0.6 is 11.8 Å². The second kappa shape index (κ2) is 7.59. The monoisotopic (exact) mass is 332 g/mol. The lowest BCUT2D eigenvalue weighted by Crippen LogP contribution is -2.41. The van der Waals surface area contributed by atoms with Crippen LogP contribution in [0, 0.1) is 0 Å². The molecule has 8 heteroatoms. The molecule has 2 aromatic rings. The molecule has 7 nitrogen and oxygen atoms in total. The summed E-state index contributed by atoms with van der Waals surface area (Å²) < 4.78 is 1.46. The van der Waals surface area contributed by atoms with E-state index in [1.807, 2.05) is 0 Å². The van der Waals surface area contributed by atoms with Gasteiger partial charge in [-0.15, -0.1) is 6.58 Å². The Morgan fingerprint density at radius 2 is 2.09 bits per heavy atom. The van der Waals surface area contributed by atoms with Crippen LogP contribution in [0.15, 0.2) is 46.9 Å². The molecule has 0 bridgehead atoms. The number of thioether (sulfide) groups is 1. The zero-order chi connectivity index (χ0) is 16.8. The third-order valence-corrected chi connectivity index (χ3v) is 3.82. The molecule has 0 aliphatic rings. The number of benzene rings is 1. The standard InChI is InChI=1S/C15H16N4O3S/c1-3-8-19-14(22)11-6-4-5-7-12(11)16-15(19)23-9-13(21)18-17-10(2)20/h3-7H,1,8-9H2,2H3,(H,17,20)(H,18,21). The zero-order valence-electron chi connectivity index (χ0n) is 12.5. The van der Waals surface area contributed by atoms with Gasteiger partial charge in [-0.05, 0) is 12.1 Å². The topological polar surface area (TPSA) is 93.1 Å². The number of carbonyl (C=O) groups is 2. The fourth-order valence-electron chi connectivity index (χ4n) is 1.87. The number of hydrogen-bond acceptors (Lipinski definition) is 5. The second-order valence-electron chi connectivity index (χ2n) is 4.63. The van der Waals surface area contributed by atoms with Gasteiger partial charge in [-0.25, -0.2) is 4.98 Å². The van der Waals surface area contributed by atoms with E-state index in [0.29, 0.717) is 22.6 Å². The number of hydrazine groups is 1. The molecule has 0 spiro atoms. The molecule has 1 aromatic carbocycles. The number of carbonyl (C=O) groups excluding carboxylic acids is 2. The van der Waals surface area contributed by atoms with Crippen LogP contribution in [0.4, 0.5) is 0 Å². The Balaban J connectivity index is 2.26. The van der Waals surface area contributed by atoms with Crippen molar-refractivity contribution in [2.24, 2.45) is 0 Å². The molecule has 0 aliphatic heterocycles. The molecule has 120 valence electrons. The predicted octanol–water partition coefficient (Wildman–Crippen LogP) is 0.842. The minimum Gasteiger partial charge on any atom is -0.283 e. The normalized spacial score (nSPS) is 10.3. The summed E-state index contributed by atoms with van der Waals surface area (Å²) in [6, 6.07) is 7.03. The average molecular weight is 332 g/mol. The Morgan fingerprint density at radius 3 is 2.78 bits per heavy atom. The maximum Gasteiger partial charge on any atom is 0.262 e. The average Bonchev–Trinajstić information content (AvgIpc) is 2.54. The van der Waals surface area contributed by atoms with Crippen molar-refractivity contribution in [2.75, 3.05) is 5.75 Å². The van der Waals surface area contributed by atoms with Crippen LogP contribution in [0.3, 0.4) is 0 Å². The molecule has 0 saturated carbocycles. The maximum atomic E-state index is 12.5. The first kappa shape index (κ1) is 16.8. The molecule has 2 N–H and O–H groups in total. The summed E-state index contributed by atoms with van der Waals surface area (Å²) in [5.74, 6) is -0.740. The third-order valence-electron chi connectivity index (χ3n) is 2.85. The van der Waals surface area contributed by atoms with Crippen LogP contribution < -0.4 is 16.4 Å². The van der Waals surface area contributed by atoms with Gasteiger partial charge in [-0.2, -0.15) is 0 Å². The van der Waals surface area contributed by atoms with Crippen molar-refractivity contribution in [1.29, 1.82) is 0 Å². The van der Waals surface area contributed by atoms with Gasteiger partial charge in [0.05, 0.1) is 16.7 Å². The molecule has 2 amide bonds. The molecule has 0 fully saturated rings. The molecular weight excluding hydrogens is 316 g/mol. The molecular formula is C15H16N4O3S. The summed E-state index contributed by atoms with van der Waals surface area (Å²) in [5, 5.41) is 0.938. The first-order valence-electron chi connectivity index (χ1n) is 6.81. The number of amides is 2. The van der Waals surface area contributed by atoms with E-state index >= 15 is 0 Å². The quantitative estimate of drug-likeness (QED) is 0.366. The Hall–Kier alpha value is -2.61. The summed E-state index contributed by atoms with van der Waals surface area (Å²) in [6.45, 7) is 5.23. The predicted molar refractivity (Wildman–Crippen MR) is 88.9 cm³/mol. The number of rotatable bonds is 5. The number of fused-ring (bicyclic) bond motifs is 1. The highest BCUT2D eigenvalue weighted by atomic mass is 32.2. The highest BCUT2D eigenvalue weighted by Gasteiger charge is 2.12. The molecule has 0 atom stereocenters. The van der Waals surface area contributed by atoms with E-state index in [1.165, 1.54) is 11.5 Å². The van der Waals surface area contributed by atoms with Gasteiger partial charge >= 0.3 is 0 Å². The Bertz CT molecular complexity index is 816. The van der Waals surface area contributed by atoms with Crippen molar-refractivity contribution in [3.63, 3.8) is 0 Å². The maximum absolute atomic E-state index is 12.5. The summed E-state index contributed by atoms with van der Waals surface area (Å²) in [6.07, 6.45) is 1.60. The van der Waals surface area contributed by atoms with Crippen LogP contribution in [0.5, 0.6) is 0 Å². The lowest BCUT2D eigenvalue weighted by molar-refractivity contribution is -0.126. The van der Waals surface area contributed by atoms with E-state index in [4.69, 9.17) is 0 Å². The zero-order valence-corrected chi connectivity index (χ0v) is 13.4. The van der Waals surface area contributed by atoms with E-state index in [9.17, 15) is 14.4 Å². The molecule has 0 unspecified atom stereocenters. The molecule has 2 rings (SSSR count). The number of nitrogens with zero attached hydrogens (tertiary/aromatic N) is 2. The van der Waals surface area contributed by atoms with Crippen LogP contribution in [0.1, 0.15) is 6.92 Å². The first-order valence-corrected chi connectivity index (χ1v) is 7.80. The van der Waals surface area contributed by atoms with Gasteiger partial charge < -0.3 is 0 Å². The third kappa shape index (κ3) is 4.19. The van der Waals surface area contributed by atoms with Crippen molar-refractivity contribution < 1.29 is 9.59 Å². The van der Waals surface area contributed by atoms with Gasteiger partial charge in [0.15, 0.2) is 5.16 Å². The van der Waals surface area contributed by atoms with Crippen molar-refractivity contribution in [3.05, 3.63) is 47.3 Å². The Labute approximate surface area is 136 Å². The van der Waals surface area contributed by atoms with Gasteiger partial charge in [-0.3, -0.25) is 29.8 Å². The van der Waals surface area contributed by atoms with E-state index in [2.05, 4.69) is 22.4 Å². The second-order valence-corrected chi connectivity index (χ2v) is 5.58. The van der Waals surface area contributed by atoms with Crippen LogP contribution in [0.2, 0.25) is 0 Å². The van der Waals surface area contributed by atoms with Gasteiger partial charge in [0.1, 0.15) is 0 Å². The van der Waals surface area contributed by atoms with Crippen LogP contribution in [-0.4, -0.2) is 27.1 Å². The minimum absolute atomic E-state index is 0.0161. The highest BCUT2D eigenvalue weighted by molar-refractivity contribution is 7.99.